The minimum atomic E-state index is 0.681. The zero-order valence-corrected chi connectivity index (χ0v) is 15.4. The Kier molecular flexibility index (Phi) is 3.76. The van der Waals surface area contributed by atoms with Gasteiger partial charge >= 0.3 is 0 Å². The van der Waals surface area contributed by atoms with Gasteiger partial charge in [0, 0.05) is 29.0 Å². The molecule has 5 nitrogen and oxygen atoms in total. The van der Waals surface area contributed by atoms with Crippen LogP contribution >= 0.6 is 11.3 Å². The Morgan fingerprint density at radius 2 is 1.85 bits per heavy atom. The Balaban J connectivity index is 1.68. The summed E-state index contributed by atoms with van der Waals surface area (Å²) in [5.74, 6) is 1.47. The smallest absolute Gasteiger partial charge is 0.162 e. The van der Waals surface area contributed by atoms with Gasteiger partial charge in [0.25, 0.3) is 0 Å². The molecule has 0 unspecified atom stereocenters. The first-order valence-corrected chi connectivity index (χ1v) is 9.44. The topological polar surface area (TPSA) is 63.6 Å². The highest BCUT2D eigenvalue weighted by Gasteiger charge is 2.12. The highest BCUT2D eigenvalue weighted by Crippen LogP contribution is 2.30. The number of thiazole rings is 1. The Morgan fingerprint density at radius 3 is 2.74 bits per heavy atom. The first-order chi connectivity index (χ1) is 13.3. The molecule has 0 radical (unpaired) electrons. The lowest BCUT2D eigenvalue weighted by molar-refractivity contribution is 1.20. The molecule has 5 aromatic rings. The van der Waals surface area contributed by atoms with Gasteiger partial charge in [-0.2, -0.15) is 0 Å². The SMILES string of the molecule is Cc1cccc2c(Nc3ccc4ncsc4c3)nc(-c3ccncc3)nc12. The third kappa shape index (κ3) is 2.90. The number of fused-ring (bicyclic) bond motifs is 2. The predicted molar refractivity (Wildman–Crippen MR) is 110 cm³/mol. The number of nitrogens with one attached hydrogen (secondary N) is 1. The number of aryl methyl sites for hydroxylation is 1. The molecule has 0 saturated heterocycles. The molecule has 0 aliphatic carbocycles. The molecule has 5 rings (SSSR count). The fourth-order valence-electron chi connectivity index (χ4n) is 3.09. The van der Waals surface area contributed by atoms with E-state index in [9.17, 15) is 0 Å². The maximum Gasteiger partial charge on any atom is 0.162 e. The van der Waals surface area contributed by atoms with E-state index in [0.717, 1.165) is 43.8 Å². The molecular weight excluding hydrogens is 354 g/mol. The van der Waals surface area contributed by atoms with Crippen LogP contribution in [0.4, 0.5) is 11.5 Å². The average Bonchev–Trinajstić information content (AvgIpc) is 3.17. The molecule has 6 heteroatoms. The molecular formula is C21H15N5S. The summed E-state index contributed by atoms with van der Waals surface area (Å²) >= 11 is 1.63. The Bertz CT molecular complexity index is 1260. The maximum atomic E-state index is 4.81. The standard InChI is InChI=1S/C21H15N5S/c1-13-3-2-4-16-19(13)25-20(14-7-9-22-10-8-14)26-21(16)24-15-5-6-17-18(11-15)27-12-23-17/h2-12H,1H3,(H,24,25,26). The number of nitrogens with zero attached hydrogens (tertiary/aromatic N) is 4. The van der Waals surface area contributed by atoms with Crippen LogP contribution in [0.15, 0.2) is 66.4 Å². The molecule has 0 atom stereocenters. The van der Waals surface area contributed by atoms with Crippen molar-refractivity contribution in [2.24, 2.45) is 0 Å². The number of rotatable bonds is 3. The minimum Gasteiger partial charge on any atom is -0.340 e. The van der Waals surface area contributed by atoms with E-state index >= 15 is 0 Å². The van der Waals surface area contributed by atoms with E-state index in [1.54, 1.807) is 23.7 Å². The lowest BCUT2D eigenvalue weighted by Crippen LogP contribution is -2.00. The van der Waals surface area contributed by atoms with Crippen LogP contribution in [0.3, 0.4) is 0 Å². The van der Waals surface area contributed by atoms with Gasteiger partial charge in [-0.05, 0) is 48.9 Å². The van der Waals surface area contributed by atoms with Crippen LogP contribution in [0, 0.1) is 6.92 Å². The van der Waals surface area contributed by atoms with Gasteiger partial charge in [-0.15, -0.1) is 11.3 Å². The van der Waals surface area contributed by atoms with E-state index in [2.05, 4.69) is 34.3 Å². The molecule has 0 aliphatic rings. The molecule has 0 aliphatic heterocycles. The van der Waals surface area contributed by atoms with Crippen LogP contribution in [0.2, 0.25) is 0 Å². The van der Waals surface area contributed by atoms with Crippen molar-refractivity contribution in [3.63, 3.8) is 0 Å². The summed E-state index contributed by atoms with van der Waals surface area (Å²) in [7, 11) is 0. The quantitative estimate of drug-likeness (QED) is 0.464. The van der Waals surface area contributed by atoms with E-state index < -0.39 is 0 Å². The second-order valence-electron chi connectivity index (χ2n) is 6.26. The van der Waals surface area contributed by atoms with Crippen molar-refractivity contribution in [1.29, 1.82) is 0 Å². The zero-order chi connectivity index (χ0) is 18.2. The predicted octanol–water partition coefficient (Wildman–Crippen LogP) is 5.35. The van der Waals surface area contributed by atoms with Crippen LogP contribution in [0.25, 0.3) is 32.5 Å². The largest absolute Gasteiger partial charge is 0.340 e. The first-order valence-electron chi connectivity index (χ1n) is 8.56. The molecule has 0 bridgehead atoms. The number of anilines is 2. The summed E-state index contributed by atoms with van der Waals surface area (Å²) < 4.78 is 1.14. The van der Waals surface area contributed by atoms with Crippen LogP contribution < -0.4 is 5.32 Å². The monoisotopic (exact) mass is 369 g/mol. The van der Waals surface area contributed by atoms with Crippen molar-refractivity contribution < 1.29 is 0 Å². The summed E-state index contributed by atoms with van der Waals surface area (Å²) in [6.45, 7) is 2.07. The summed E-state index contributed by atoms with van der Waals surface area (Å²) in [4.78, 5) is 18.0. The van der Waals surface area contributed by atoms with Crippen molar-refractivity contribution in [3.05, 3.63) is 72.0 Å². The average molecular weight is 369 g/mol. The summed E-state index contributed by atoms with van der Waals surface area (Å²) in [5, 5.41) is 4.48. The highest BCUT2D eigenvalue weighted by atomic mass is 32.1. The maximum absolute atomic E-state index is 4.81. The van der Waals surface area contributed by atoms with E-state index in [-0.39, 0.29) is 0 Å². The molecule has 1 N–H and O–H groups in total. The van der Waals surface area contributed by atoms with Crippen LogP contribution in [-0.2, 0) is 0 Å². The number of hydrogen-bond donors (Lipinski definition) is 1. The van der Waals surface area contributed by atoms with E-state index in [1.807, 2.05) is 41.9 Å². The number of aromatic nitrogens is 4. The van der Waals surface area contributed by atoms with Gasteiger partial charge in [0.05, 0.1) is 21.2 Å². The van der Waals surface area contributed by atoms with E-state index in [1.165, 1.54) is 0 Å². The van der Waals surface area contributed by atoms with Gasteiger partial charge in [0.15, 0.2) is 5.82 Å². The first kappa shape index (κ1) is 15.8. The number of benzene rings is 2. The lowest BCUT2D eigenvalue weighted by atomic mass is 10.1. The Morgan fingerprint density at radius 1 is 0.963 bits per heavy atom. The summed E-state index contributed by atoms with van der Waals surface area (Å²) in [6, 6.07) is 16.1. The third-order valence-corrected chi connectivity index (χ3v) is 5.25. The van der Waals surface area contributed by atoms with Gasteiger partial charge in [-0.1, -0.05) is 12.1 Å². The zero-order valence-electron chi connectivity index (χ0n) is 14.5. The Hall–Kier alpha value is -3.38. The molecule has 0 saturated carbocycles. The summed E-state index contributed by atoms with van der Waals surface area (Å²) in [6.07, 6.45) is 3.51. The third-order valence-electron chi connectivity index (χ3n) is 4.46. The van der Waals surface area contributed by atoms with Gasteiger partial charge < -0.3 is 5.32 Å². The van der Waals surface area contributed by atoms with Crippen molar-refractivity contribution in [2.75, 3.05) is 5.32 Å². The summed E-state index contributed by atoms with van der Waals surface area (Å²) in [5.41, 5.74) is 6.85. The van der Waals surface area contributed by atoms with Crippen LogP contribution in [0.1, 0.15) is 5.56 Å². The van der Waals surface area contributed by atoms with Crippen molar-refractivity contribution in [3.8, 4) is 11.4 Å². The molecule has 0 fully saturated rings. The second kappa shape index (κ2) is 6.41. The number of pyridine rings is 1. The van der Waals surface area contributed by atoms with Gasteiger partial charge in [-0.25, -0.2) is 15.0 Å². The highest BCUT2D eigenvalue weighted by molar-refractivity contribution is 7.16. The Labute approximate surface area is 159 Å². The van der Waals surface area contributed by atoms with E-state index in [0.29, 0.717) is 5.82 Å². The molecule has 2 aromatic carbocycles. The van der Waals surface area contributed by atoms with E-state index in [4.69, 9.17) is 9.97 Å². The molecule has 27 heavy (non-hydrogen) atoms. The number of para-hydroxylation sites is 1. The van der Waals surface area contributed by atoms with Crippen molar-refractivity contribution in [1.82, 2.24) is 19.9 Å². The fourth-order valence-corrected chi connectivity index (χ4v) is 3.81. The molecule has 0 amide bonds. The number of hydrogen-bond acceptors (Lipinski definition) is 6. The van der Waals surface area contributed by atoms with Crippen molar-refractivity contribution >= 4 is 44.0 Å². The molecule has 0 spiro atoms. The van der Waals surface area contributed by atoms with Gasteiger partial charge in [-0.3, -0.25) is 4.98 Å². The lowest BCUT2D eigenvalue weighted by Gasteiger charge is -2.12. The molecule has 3 aromatic heterocycles. The second-order valence-corrected chi connectivity index (χ2v) is 7.15. The normalized spacial score (nSPS) is 11.1. The van der Waals surface area contributed by atoms with Gasteiger partial charge in [0.1, 0.15) is 5.82 Å². The van der Waals surface area contributed by atoms with Crippen molar-refractivity contribution in [2.45, 2.75) is 6.92 Å². The molecule has 3 heterocycles. The minimum absolute atomic E-state index is 0.681. The fraction of sp³-hybridized carbons (Fsp3) is 0.0476. The van der Waals surface area contributed by atoms with Gasteiger partial charge in [0.2, 0.25) is 0 Å². The molecule has 130 valence electrons. The van der Waals surface area contributed by atoms with Crippen LogP contribution in [-0.4, -0.2) is 19.9 Å². The van der Waals surface area contributed by atoms with Crippen LogP contribution in [0.5, 0.6) is 0 Å².